The Hall–Kier alpha value is -3.16. The molecule has 27 heavy (non-hydrogen) atoms. The Kier molecular flexibility index (Phi) is 6.70. The van der Waals surface area contributed by atoms with Crippen molar-refractivity contribution in [2.75, 3.05) is 14.2 Å². The Morgan fingerprint density at radius 2 is 1.48 bits per heavy atom. The van der Waals surface area contributed by atoms with Crippen LogP contribution in [0.1, 0.15) is 27.6 Å². The Balaban J connectivity index is 2.06. The van der Waals surface area contributed by atoms with E-state index in [1.54, 1.807) is 6.07 Å². The van der Waals surface area contributed by atoms with E-state index in [2.05, 4.69) is 4.74 Å². The average Bonchev–Trinajstić information content (AvgIpc) is 2.66. The van der Waals surface area contributed by atoms with Crippen molar-refractivity contribution >= 4 is 11.8 Å². The molecule has 0 aliphatic carbocycles. The normalized spacial score (nSPS) is 11.6. The molecular formula is C19H18F2O6. The quantitative estimate of drug-likeness (QED) is 0.513. The highest BCUT2D eigenvalue weighted by Gasteiger charge is 2.21. The number of methoxy groups -OCH3 is 2. The lowest BCUT2D eigenvalue weighted by Crippen LogP contribution is -2.24. The third-order valence-electron chi connectivity index (χ3n) is 3.64. The summed E-state index contributed by atoms with van der Waals surface area (Å²) < 4.78 is 43.9. The van der Waals surface area contributed by atoms with Crippen LogP contribution >= 0.6 is 0 Å². The molecule has 144 valence electrons. The van der Waals surface area contributed by atoms with Crippen molar-refractivity contribution in [1.82, 2.24) is 0 Å². The fourth-order valence-corrected chi connectivity index (χ4v) is 2.28. The van der Waals surface area contributed by atoms with Crippen LogP contribution in [0.25, 0.3) is 0 Å². The number of ketones is 1. The van der Waals surface area contributed by atoms with E-state index in [1.165, 1.54) is 57.5 Å². The van der Waals surface area contributed by atoms with Gasteiger partial charge in [-0.15, -0.1) is 0 Å². The number of esters is 1. The number of carbonyl (C=O) groups is 2. The molecule has 0 heterocycles. The van der Waals surface area contributed by atoms with E-state index >= 15 is 0 Å². The van der Waals surface area contributed by atoms with Crippen molar-refractivity contribution in [3.05, 3.63) is 53.6 Å². The van der Waals surface area contributed by atoms with Gasteiger partial charge in [-0.3, -0.25) is 4.79 Å². The summed E-state index contributed by atoms with van der Waals surface area (Å²) in [4.78, 5) is 24.6. The topological polar surface area (TPSA) is 71.1 Å². The van der Waals surface area contributed by atoms with Crippen LogP contribution in [0.2, 0.25) is 0 Å². The summed E-state index contributed by atoms with van der Waals surface area (Å²) in [5.74, 6) is -0.469. The molecule has 0 bridgehead atoms. The van der Waals surface area contributed by atoms with Gasteiger partial charge in [0, 0.05) is 5.56 Å². The van der Waals surface area contributed by atoms with Gasteiger partial charge in [0.05, 0.1) is 19.8 Å². The molecule has 2 aromatic carbocycles. The van der Waals surface area contributed by atoms with Gasteiger partial charge in [0.15, 0.2) is 17.6 Å². The second-order valence-corrected chi connectivity index (χ2v) is 5.38. The van der Waals surface area contributed by atoms with E-state index in [9.17, 15) is 18.4 Å². The molecule has 0 aliphatic rings. The second-order valence-electron chi connectivity index (χ2n) is 5.38. The number of alkyl halides is 2. The minimum atomic E-state index is -2.95. The SMILES string of the molecule is COc1ccc(C(=O)O[C@@H](C)C(=O)c2ccc(OC(F)F)cc2)cc1OC. The highest BCUT2D eigenvalue weighted by Crippen LogP contribution is 2.28. The zero-order valence-electron chi connectivity index (χ0n) is 14.9. The smallest absolute Gasteiger partial charge is 0.387 e. The molecule has 6 nitrogen and oxygen atoms in total. The molecule has 0 saturated carbocycles. The van der Waals surface area contributed by atoms with E-state index in [4.69, 9.17) is 14.2 Å². The molecule has 0 amide bonds. The minimum Gasteiger partial charge on any atom is -0.493 e. The van der Waals surface area contributed by atoms with E-state index in [0.717, 1.165) is 0 Å². The summed E-state index contributed by atoms with van der Waals surface area (Å²) in [6.45, 7) is -1.53. The van der Waals surface area contributed by atoms with Gasteiger partial charge in [-0.1, -0.05) is 0 Å². The fourth-order valence-electron chi connectivity index (χ4n) is 2.28. The van der Waals surface area contributed by atoms with Crippen LogP contribution in [0.3, 0.4) is 0 Å². The average molecular weight is 380 g/mol. The molecule has 0 aliphatic heterocycles. The van der Waals surface area contributed by atoms with Crippen molar-refractivity contribution in [2.24, 2.45) is 0 Å². The summed E-state index contributed by atoms with van der Waals surface area (Å²) >= 11 is 0. The predicted molar refractivity (Wildman–Crippen MR) is 91.8 cm³/mol. The van der Waals surface area contributed by atoms with Gasteiger partial charge in [0.2, 0.25) is 5.78 Å². The Morgan fingerprint density at radius 3 is 2.04 bits per heavy atom. The third-order valence-corrected chi connectivity index (χ3v) is 3.64. The monoisotopic (exact) mass is 380 g/mol. The number of benzene rings is 2. The van der Waals surface area contributed by atoms with E-state index < -0.39 is 24.5 Å². The first-order chi connectivity index (χ1) is 12.8. The predicted octanol–water partition coefficient (Wildman–Crippen LogP) is 3.73. The number of hydrogen-bond donors (Lipinski definition) is 0. The van der Waals surface area contributed by atoms with Crippen molar-refractivity contribution in [3.8, 4) is 17.2 Å². The number of ether oxygens (including phenoxy) is 4. The second kappa shape index (κ2) is 8.98. The summed E-state index contributed by atoms with van der Waals surface area (Å²) in [6.07, 6.45) is -1.08. The van der Waals surface area contributed by atoms with Gasteiger partial charge in [0.1, 0.15) is 5.75 Å². The largest absolute Gasteiger partial charge is 0.493 e. The van der Waals surface area contributed by atoms with Crippen LogP contribution in [-0.2, 0) is 4.74 Å². The highest BCUT2D eigenvalue weighted by molar-refractivity contribution is 6.01. The highest BCUT2D eigenvalue weighted by atomic mass is 19.3. The Bertz CT molecular complexity index is 804. The van der Waals surface area contributed by atoms with Crippen molar-refractivity contribution in [2.45, 2.75) is 19.6 Å². The summed E-state index contributed by atoms with van der Waals surface area (Å²) in [6, 6.07) is 9.59. The summed E-state index contributed by atoms with van der Waals surface area (Å²) in [5.41, 5.74) is 0.386. The molecule has 1 atom stereocenters. The first kappa shape index (κ1) is 20.2. The van der Waals surface area contributed by atoms with E-state index in [1.807, 2.05) is 0 Å². The molecule has 0 fully saturated rings. The van der Waals surface area contributed by atoms with Crippen LogP contribution in [0, 0.1) is 0 Å². The summed E-state index contributed by atoms with van der Waals surface area (Å²) in [5, 5.41) is 0. The van der Waals surface area contributed by atoms with Crippen molar-refractivity contribution < 1.29 is 37.3 Å². The van der Waals surface area contributed by atoms with Crippen LogP contribution in [0.15, 0.2) is 42.5 Å². The first-order valence-electron chi connectivity index (χ1n) is 7.87. The van der Waals surface area contributed by atoms with Gasteiger partial charge in [-0.2, -0.15) is 8.78 Å². The van der Waals surface area contributed by atoms with Crippen molar-refractivity contribution in [3.63, 3.8) is 0 Å². The number of Topliss-reactive ketones (excluding diaryl/α,β-unsaturated/α-hetero) is 1. The van der Waals surface area contributed by atoms with Crippen LogP contribution in [-0.4, -0.2) is 38.7 Å². The van der Waals surface area contributed by atoms with Gasteiger partial charge in [-0.25, -0.2) is 4.79 Å². The van der Waals surface area contributed by atoms with Gasteiger partial charge in [-0.05, 0) is 49.4 Å². The number of rotatable bonds is 8. The molecule has 2 aromatic rings. The fraction of sp³-hybridized carbons (Fsp3) is 0.263. The van der Waals surface area contributed by atoms with Crippen LogP contribution in [0.5, 0.6) is 17.2 Å². The molecule has 0 radical (unpaired) electrons. The standard InChI is InChI=1S/C19H18F2O6/c1-11(17(22)12-4-7-14(8-5-12)27-19(20)21)26-18(23)13-6-9-15(24-2)16(10-13)25-3/h4-11,19H,1-3H3/t11-/m0/s1. The number of halogens is 2. The molecule has 0 saturated heterocycles. The van der Waals surface area contributed by atoms with E-state index in [-0.39, 0.29) is 16.9 Å². The van der Waals surface area contributed by atoms with Crippen molar-refractivity contribution in [1.29, 1.82) is 0 Å². The molecule has 0 unspecified atom stereocenters. The maximum absolute atomic E-state index is 12.4. The number of hydrogen-bond acceptors (Lipinski definition) is 6. The molecule has 2 rings (SSSR count). The van der Waals surface area contributed by atoms with E-state index in [0.29, 0.717) is 11.5 Å². The molecule has 0 aromatic heterocycles. The number of carbonyl (C=O) groups excluding carboxylic acids is 2. The lowest BCUT2D eigenvalue weighted by Gasteiger charge is -2.14. The zero-order valence-corrected chi connectivity index (χ0v) is 14.9. The van der Waals surface area contributed by atoms with Gasteiger partial charge < -0.3 is 18.9 Å². The summed E-state index contributed by atoms with van der Waals surface area (Å²) in [7, 11) is 2.90. The lowest BCUT2D eigenvalue weighted by atomic mass is 10.1. The minimum absolute atomic E-state index is 0.0727. The Labute approximate surface area is 154 Å². The van der Waals surface area contributed by atoms with Crippen LogP contribution < -0.4 is 14.2 Å². The van der Waals surface area contributed by atoms with Crippen LogP contribution in [0.4, 0.5) is 8.78 Å². The molecule has 0 N–H and O–H groups in total. The molecular weight excluding hydrogens is 362 g/mol. The zero-order chi connectivity index (χ0) is 20.0. The Morgan fingerprint density at radius 1 is 0.889 bits per heavy atom. The van der Waals surface area contributed by atoms with Gasteiger partial charge in [0.25, 0.3) is 0 Å². The maximum atomic E-state index is 12.4. The first-order valence-corrected chi connectivity index (χ1v) is 7.87. The molecule has 0 spiro atoms. The van der Waals surface area contributed by atoms with Gasteiger partial charge >= 0.3 is 12.6 Å². The maximum Gasteiger partial charge on any atom is 0.387 e. The third kappa shape index (κ3) is 5.16. The molecule has 8 heteroatoms. The lowest BCUT2D eigenvalue weighted by molar-refractivity contribution is -0.0498.